The molecule has 98 valence electrons. The average Bonchev–Trinajstić information content (AvgIpc) is 2.35. The van der Waals surface area contributed by atoms with E-state index in [2.05, 4.69) is 30.3 Å². The highest BCUT2D eigenvalue weighted by molar-refractivity contribution is 4.91. The van der Waals surface area contributed by atoms with Crippen LogP contribution in [-0.2, 0) is 4.74 Å². The van der Waals surface area contributed by atoms with E-state index in [0.717, 1.165) is 39.1 Å². The van der Waals surface area contributed by atoms with Gasteiger partial charge in [-0.15, -0.1) is 0 Å². The smallest absolute Gasteiger partial charge is 0.108 e. The highest BCUT2D eigenvalue weighted by Gasteiger charge is 2.17. The van der Waals surface area contributed by atoms with E-state index in [0.29, 0.717) is 6.10 Å². The Kier molecular flexibility index (Phi) is 7.18. The fourth-order valence-electron chi connectivity index (χ4n) is 2.15. The zero-order valence-corrected chi connectivity index (χ0v) is 11.1. The Morgan fingerprint density at radius 1 is 1.53 bits per heavy atom. The number of hydrogen-bond acceptors (Lipinski definition) is 4. The van der Waals surface area contributed by atoms with Gasteiger partial charge in [-0.1, -0.05) is 6.92 Å². The van der Waals surface area contributed by atoms with Gasteiger partial charge in [-0.3, -0.25) is 0 Å². The monoisotopic (exact) mass is 239 g/mol. The van der Waals surface area contributed by atoms with Crippen LogP contribution in [0.2, 0.25) is 0 Å². The second-order valence-electron chi connectivity index (χ2n) is 4.85. The lowest BCUT2D eigenvalue weighted by Gasteiger charge is -2.28. The Morgan fingerprint density at radius 2 is 2.35 bits per heavy atom. The van der Waals surface area contributed by atoms with E-state index < -0.39 is 0 Å². The maximum Gasteiger partial charge on any atom is 0.108 e. The molecule has 1 rings (SSSR count). The minimum Gasteiger partial charge on any atom is -0.377 e. The quantitative estimate of drug-likeness (QED) is 0.729. The second kappa shape index (κ2) is 8.46. The van der Waals surface area contributed by atoms with Crippen molar-refractivity contribution < 1.29 is 4.74 Å². The summed E-state index contributed by atoms with van der Waals surface area (Å²) in [6.45, 7) is 5.63. The first kappa shape index (κ1) is 14.4. The van der Waals surface area contributed by atoms with Gasteiger partial charge < -0.3 is 15.0 Å². The van der Waals surface area contributed by atoms with Crippen LogP contribution in [0, 0.1) is 11.3 Å². The van der Waals surface area contributed by atoms with Gasteiger partial charge in [-0.2, -0.15) is 5.26 Å². The molecule has 4 nitrogen and oxygen atoms in total. The molecule has 0 bridgehead atoms. The molecule has 0 saturated carbocycles. The lowest BCUT2D eigenvalue weighted by molar-refractivity contribution is -0.00192. The van der Waals surface area contributed by atoms with Gasteiger partial charge in [0.1, 0.15) is 6.04 Å². The fraction of sp³-hybridized carbons (Fsp3) is 0.923. The van der Waals surface area contributed by atoms with Crippen LogP contribution in [0.1, 0.15) is 32.6 Å². The third kappa shape index (κ3) is 6.02. The maximum atomic E-state index is 9.04. The van der Waals surface area contributed by atoms with Crippen LogP contribution in [0.3, 0.4) is 0 Å². The number of rotatable bonds is 7. The van der Waals surface area contributed by atoms with Crippen molar-refractivity contribution >= 4 is 0 Å². The van der Waals surface area contributed by atoms with Crippen LogP contribution in [0.15, 0.2) is 0 Å². The lowest BCUT2D eigenvalue weighted by atomic mass is 10.1. The first-order valence-electron chi connectivity index (χ1n) is 6.69. The topological polar surface area (TPSA) is 48.3 Å². The summed E-state index contributed by atoms with van der Waals surface area (Å²) in [7, 11) is 2.07. The number of hydrogen-bond donors (Lipinski definition) is 1. The zero-order valence-electron chi connectivity index (χ0n) is 11.1. The largest absolute Gasteiger partial charge is 0.377 e. The first-order valence-corrected chi connectivity index (χ1v) is 6.69. The number of ether oxygens (including phenoxy) is 1. The third-order valence-corrected chi connectivity index (χ3v) is 3.08. The fourth-order valence-corrected chi connectivity index (χ4v) is 2.15. The molecule has 0 aromatic heterocycles. The molecule has 1 N–H and O–H groups in total. The number of nitrogens with one attached hydrogen (secondary N) is 1. The first-order chi connectivity index (χ1) is 8.26. The van der Waals surface area contributed by atoms with E-state index in [1.807, 2.05) is 0 Å². The predicted molar refractivity (Wildman–Crippen MR) is 68.8 cm³/mol. The van der Waals surface area contributed by atoms with Crippen LogP contribution in [-0.4, -0.2) is 50.3 Å². The van der Waals surface area contributed by atoms with Crippen LogP contribution in [0.25, 0.3) is 0 Å². The van der Waals surface area contributed by atoms with Crippen molar-refractivity contribution in [2.75, 3.05) is 33.3 Å². The molecule has 0 aromatic carbocycles. The summed E-state index contributed by atoms with van der Waals surface area (Å²) < 4.78 is 5.70. The summed E-state index contributed by atoms with van der Waals surface area (Å²) in [5.41, 5.74) is 0. The summed E-state index contributed by atoms with van der Waals surface area (Å²) >= 11 is 0. The highest BCUT2D eigenvalue weighted by atomic mass is 16.5. The molecule has 17 heavy (non-hydrogen) atoms. The average molecular weight is 239 g/mol. The molecule has 1 fully saturated rings. The molecule has 1 aliphatic heterocycles. The molecule has 2 unspecified atom stereocenters. The molecule has 0 aromatic rings. The van der Waals surface area contributed by atoms with Crippen LogP contribution in [0.4, 0.5) is 0 Å². The maximum absolute atomic E-state index is 9.04. The van der Waals surface area contributed by atoms with Crippen molar-refractivity contribution in [2.45, 2.75) is 44.8 Å². The van der Waals surface area contributed by atoms with Crippen molar-refractivity contribution in [2.24, 2.45) is 0 Å². The number of nitriles is 1. The molecular weight excluding hydrogens is 214 g/mol. The molecule has 2 atom stereocenters. The van der Waals surface area contributed by atoms with Gasteiger partial charge in [0.25, 0.3) is 0 Å². The van der Waals surface area contributed by atoms with Gasteiger partial charge in [0, 0.05) is 19.7 Å². The van der Waals surface area contributed by atoms with Crippen LogP contribution < -0.4 is 5.32 Å². The minimum absolute atomic E-state index is 0.0662. The minimum atomic E-state index is -0.0662. The normalized spacial score (nSPS) is 22.4. The molecular formula is C13H25N3O. The van der Waals surface area contributed by atoms with Gasteiger partial charge >= 0.3 is 0 Å². The molecule has 1 aliphatic rings. The van der Waals surface area contributed by atoms with Crippen LogP contribution in [0.5, 0.6) is 0 Å². The van der Waals surface area contributed by atoms with E-state index >= 15 is 0 Å². The standard InChI is InChI=1S/C13H25N3O/c1-3-7-15-12(9-14)10-16(2)11-13-6-4-5-8-17-13/h12-13,15H,3-8,10-11H2,1-2H3. The predicted octanol–water partition coefficient (Wildman–Crippen LogP) is 1.38. The van der Waals surface area contributed by atoms with Gasteiger partial charge in [-0.05, 0) is 39.3 Å². The third-order valence-electron chi connectivity index (χ3n) is 3.08. The van der Waals surface area contributed by atoms with E-state index in [4.69, 9.17) is 10.00 Å². The van der Waals surface area contributed by atoms with E-state index in [1.165, 1.54) is 12.8 Å². The van der Waals surface area contributed by atoms with Crippen molar-refractivity contribution in [1.82, 2.24) is 10.2 Å². The Balaban J connectivity index is 2.21. The number of nitrogens with zero attached hydrogens (tertiary/aromatic N) is 2. The van der Waals surface area contributed by atoms with Crippen molar-refractivity contribution in [3.8, 4) is 6.07 Å². The Bertz CT molecular complexity index is 233. The molecule has 0 radical (unpaired) electrons. The number of likely N-dealkylation sites (N-methyl/N-ethyl adjacent to an activating group) is 1. The van der Waals surface area contributed by atoms with E-state index in [1.54, 1.807) is 0 Å². The summed E-state index contributed by atoms with van der Waals surface area (Å²) in [6, 6.07) is 2.25. The zero-order chi connectivity index (χ0) is 12.5. The van der Waals surface area contributed by atoms with Crippen molar-refractivity contribution in [1.29, 1.82) is 5.26 Å². The highest BCUT2D eigenvalue weighted by Crippen LogP contribution is 2.13. The SMILES string of the molecule is CCCNC(C#N)CN(C)CC1CCCCO1. The van der Waals surface area contributed by atoms with Crippen molar-refractivity contribution in [3.05, 3.63) is 0 Å². The lowest BCUT2D eigenvalue weighted by Crippen LogP contribution is -2.42. The molecule has 0 spiro atoms. The van der Waals surface area contributed by atoms with E-state index in [-0.39, 0.29) is 6.04 Å². The summed E-state index contributed by atoms with van der Waals surface area (Å²) in [4.78, 5) is 2.20. The van der Waals surface area contributed by atoms with Crippen molar-refractivity contribution in [3.63, 3.8) is 0 Å². The molecule has 1 saturated heterocycles. The molecule has 0 amide bonds. The Hall–Kier alpha value is -0.630. The van der Waals surface area contributed by atoms with Gasteiger partial charge in [0.2, 0.25) is 0 Å². The van der Waals surface area contributed by atoms with Crippen LogP contribution >= 0.6 is 0 Å². The molecule has 4 heteroatoms. The summed E-state index contributed by atoms with van der Waals surface area (Å²) in [5.74, 6) is 0. The molecule has 1 heterocycles. The summed E-state index contributed by atoms with van der Waals surface area (Å²) in [6.07, 6.45) is 5.05. The van der Waals surface area contributed by atoms with Gasteiger partial charge in [0.15, 0.2) is 0 Å². The second-order valence-corrected chi connectivity index (χ2v) is 4.85. The van der Waals surface area contributed by atoms with Gasteiger partial charge in [0.05, 0.1) is 12.2 Å². The Morgan fingerprint density at radius 3 is 2.94 bits per heavy atom. The molecule has 0 aliphatic carbocycles. The van der Waals surface area contributed by atoms with Gasteiger partial charge in [-0.25, -0.2) is 0 Å². The van der Waals surface area contributed by atoms with E-state index in [9.17, 15) is 0 Å². The Labute approximate surface area is 105 Å². The summed E-state index contributed by atoms with van der Waals surface area (Å²) in [5, 5.41) is 12.3.